The molecule has 0 saturated carbocycles. The number of hydrogen-bond donors (Lipinski definition) is 1. The highest BCUT2D eigenvalue weighted by Crippen LogP contribution is 2.23. The molecule has 2 aromatic carbocycles. The number of aromatic nitrogens is 4. The van der Waals surface area contributed by atoms with Crippen molar-refractivity contribution in [2.24, 2.45) is 0 Å². The molecule has 0 fully saturated rings. The van der Waals surface area contributed by atoms with Gasteiger partial charge in [-0.3, -0.25) is 4.79 Å². The maximum atomic E-state index is 12.6. The summed E-state index contributed by atoms with van der Waals surface area (Å²) in [6.07, 6.45) is 7.04. The zero-order valence-corrected chi connectivity index (χ0v) is 15.5. The maximum Gasteiger partial charge on any atom is 0.276 e. The molecule has 0 atom stereocenters. The summed E-state index contributed by atoms with van der Waals surface area (Å²) in [6.45, 7) is 1.99. The standard InChI is InChI=1S/C21H19N5O2/c1-15-3-8-20(28-2)19(13-15)26-11-9-18(24-26)21(27)23-16-4-6-17(7-5-16)25-12-10-22-14-25/h3-14H,1-2H3,(H,23,27). The number of ether oxygens (including phenoxy) is 1. The first-order valence-corrected chi connectivity index (χ1v) is 8.74. The minimum Gasteiger partial charge on any atom is -0.494 e. The lowest BCUT2D eigenvalue weighted by Gasteiger charge is -2.09. The number of nitrogens with zero attached hydrogens (tertiary/aromatic N) is 4. The van der Waals surface area contributed by atoms with Gasteiger partial charge in [0.1, 0.15) is 11.4 Å². The minimum absolute atomic E-state index is 0.277. The van der Waals surface area contributed by atoms with Crippen LogP contribution < -0.4 is 10.1 Å². The third kappa shape index (κ3) is 3.50. The lowest BCUT2D eigenvalue weighted by atomic mass is 10.2. The predicted octanol–water partition coefficient (Wildman–Crippen LogP) is 3.63. The van der Waals surface area contributed by atoms with Crippen molar-refractivity contribution in [1.29, 1.82) is 0 Å². The molecule has 0 spiro atoms. The molecule has 7 heteroatoms. The molecule has 2 heterocycles. The average molecular weight is 373 g/mol. The van der Waals surface area contributed by atoms with Gasteiger partial charge in [-0.2, -0.15) is 5.10 Å². The van der Waals surface area contributed by atoms with Gasteiger partial charge in [0.2, 0.25) is 0 Å². The molecule has 28 heavy (non-hydrogen) atoms. The Labute approximate surface area is 162 Å². The van der Waals surface area contributed by atoms with Crippen molar-refractivity contribution in [1.82, 2.24) is 19.3 Å². The van der Waals surface area contributed by atoms with E-state index in [2.05, 4.69) is 15.4 Å². The van der Waals surface area contributed by atoms with Crippen molar-refractivity contribution in [2.75, 3.05) is 12.4 Å². The number of amides is 1. The normalized spacial score (nSPS) is 10.6. The highest BCUT2D eigenvalue weighted by atomic mass is 16.5. The number of rotatable bonds is 5. The Morgan fingerprint density at radius 2 is 1.89 bits per heavy atom. The first-order valence-electron chi connectivity index (χ1n) is 8.74. The van der Waals surface area contributed by atoms with Crippen LogP contribution in [0.3, 0.4) is 0 Å². The number of nitrogens with one attached hydrogen (secondary N) is 1. The van der Waals surface area contributed by atoms with Gasteiger partial charge in [-0.05, 0) is 55.0 Å². The van der Waals surface area contributed by atoms with E-state index >= 15 is 0 Å². The summed E-state index contributed by atoms with van der Waals surface area (Å²) in [5.41, 5.74) is 3.84. The zero-order valence-electron chi connectivity index (χ0n) is 15.5. The van der Waals surface area contributed by atoms with Gasteiger partial charge in [-0.1, -0.05) is 6.07 Å². The molecule has 140 valence electrons. The Hall–Kier alpha value is -3.87. The molecule has 1 amide bonds. The van der Waals surface area contributed by atoms with Gasteiger partial charge in [0.25, 0.3) is 5.91 Å². The summed E-state index contributed by atoms with van der Waals surface area (Å²) in [5.74, 6) is 0.413. The van der Waals surface area contributed by atoms with Crippen LogP contribution in [-0.2, 0) is 0 Å². The van der Waals surface area contributed by atoms with E-state index in [1.54, 1.807) is 36.6 Å². The van der Waals surface area contributed by atoms with Crippen molar-refractivity contribution in [3.8, 4) is 17.1 Å². The molecule has 7 nitrogen and oxygen atoms in total. The van der Waals surface area contributed by atoms with E-state index in [4.69, 9.17) is 4.74 Å². The molecule has 0 aliphatic rings. The monoisotopic (exact) mass is 373 g/mol. The molecule has 1 N–H and O–H groups in total. The number of carbonyl (C=O) groups is 1. The number of hydrogen-bond acceptors (Lipinski definition) is 4. The van der Waals surface area contributed by atoms with Crippen LogP contribution >= 0.6 is 0 Å². The lowest BCUT2D eigenvalue weighted by Crippen LogP contribution is -2.13. The Balaban J connectivity index is 1.51. The Bertz CT molecular complexity index is 1100. The van der Waals surface area contributed by atoms with Gasteiger partial charge in [-0.15, -0.1) is 0 Å². The lowest BCUT2D eigenvalue weighted by molar-refractivity contribution is 0.102. The molecule has 0 saturated heterocycles. The van der Waals surface area contributed by atoms with E-state index in [9.17, 15) is 4.79 Å². The minimum atomic E-state index is -0.277. The van der Waals surface area contributed by atoms with Crippen LogP contribution in [0.15, 0.2) is 73.4 Å². The van der Waals surface area contributed by atoms with Crippen LogP contribution in [0.1, 0.15) is 16.1 Å². The van der Waals surface area contributed by atoms with Crippen molar-refractivity contribution >= 4 is 11.6 Å². The Kier molecular flexibility index (Phi) is 4.63. The Morgan fingerprint density at radius 1 is 1.07 bits per heavy atom. The first-order chi connectivity index (χ1) is 13.6. The SMILES string of the molecule is COc1ccc(C)cc1-n1ccc(C(=O)Nc2ccc(-n3ccnc3)cc2)n1. The maximum absolute atomic E-state index is 12.6. The van der Waals surface area contributed by atoms with Crippen molar-refractivity contribution in [2.45, 2.75) is 6.92 Å². The number of anilines is 1. The fourth-order valence-electron chi connectivity index (χ4n) is 2.88. The van der Waals surface area contributed by atoms with Crippen LogP contribution in [0.25, 0.3) is 11.4 Å². The summed E-state index contributed by atoms with van der Waals surface area (Å²) < 4.78 is 8.93. The van der Waals surface area contributed by atoms with Crippen LogP contribution in [0.2, 0.25) is 0 Å². The van der Waals surface area contributed by atoms with Gasteiger partial charge >= 0.3 is 0 Å². The third-order valence-electron chi connectivity index (χ3n) is 4.33. The van der Waals surface area contributed by atoms with Crippen LogP contribution in [-0.4, -0.2) is 32.3 Å². The first kappa shape index (κ1) is 17.5. The number of imidazole rings is 1. The molecular formula is C21H19N5O2. The topological polar surface area (TPSA) is 74.0 Å². The second kappa shape index (κ2) is 7.40. The van der Waals surface area contributed by atoms with E-state index in [0.29, 0.717) is 17.1 Å². The van der Waals surface area contributed by atoms with Gasteiger partial charge in [0.15, 0.2) is 5.69 Å². The van der Waals surface area contributed by atoms with E-state index in [0.717, 1.165) is 16.9 Å². The smallest absolute Gasteiger partial charge is 0.276 e. The number of carbonyl (C=O) groups excluding carboxylic acids is 1. The second-order valence-corrected chi connectivity index (χ2v) is 6.29. The van der Waals surface area contributed by atoms with Gasteiger partial charge in [0.05, 0.1) is 13.4 Å². The summed E-state index contributed by atoms with van der Waals surface area (Å²) >= 11 is 0. The second-order valence-electron chi connectivity index (χ2n) is 6.29. The van der Waals surface area contributed by atoms with E-state index in [1.165, 1.54) is 0 Å². The molecule has 0 aliphatic carbocycles. The summed E-state index contributed by atoms with van der Waals surface area (Å²) in [5, 5.41) is 7.26. The summed E-state index contributed by atoms with van der Waals surface area (Å²) in [7, 11) is 1.61. The van der Waals surface area contributed by atoms with Crippen LogP contribution in [0.5, 0.6) is 5.75 Å². The summed E-state index contributed by atoms with van der Waals surface area (Å²) in [6, 6.07) is 15.0. The van der Waals surface area contributed by atoms with Crippen LogP contribution in [0, 0.1) is 6.92 Å². The fraction of sp³-hybridized carbons (Fsp3) is 0.0952. The fourth-order valence-corrected chi connectivity index (χ4v) is 2.88. The molecule has 0 unspecified atom stereocenters. The summed E-state index contributed by atoms with van der Waals surface area (Å²) in [4.78, 5) is 16.6. The highest BCUT2D eigenvalue weighted by molar-refractivity contribution is 6.02. The van der Waals surface area contributed by atoms with E-state index in [-0.39, 0.29) is 5.91 Å². The molecule has 0 bridgehead atoms. The molecule has 4 rings (SSSR count). The molecule has 0 radical (unpaired) electrons. The van der Waals surface area contributed by atoms with Crippen molar-refractivity contribution < 1.29 is 9.53 Å². The molecule has 0 aliphatic heterocycles. The molecule has 2 aromatic heterocycles. The number of benzene rings is 2. The van der Waals surface area contributed by atoms with Crippen molar-refractivity contribution in [3.05, 3.63) is 84.7 Å². The van der Waals surface area contributed by atoms with Gasteiger partial charge < -0.3 is 14.6 Å². The van der Waals surface area contributed by atoms with Crippen LogP contribution in [0.4, 0.5) is 5.69 Å². The van der Waals surface area contributed by atoms with Crippen molar-refractivity contribution in [3.63, 3.8) is 0 Å². The third-order valence-corrected chi connectivity index (χ3v) is 4.33. The number of aryl methyl sites for hydroxylation is 1. The predicted molar refractivity (Wildman–Crippen MR) is 106 cm³/mol. The average Bonchev–Trinajstić information content (AvgIpc) is 3.41. The quantitative estimate of drug-likeness (QED) is 0.580. The number of methoxy groups -OCH3 is 1. The molecular weight excluding hydrogens is 354 g/mol. The van der Waals surface area contributed by atoms with E-state index in [1.807, 2.05) is 60.2 Å². The Morgan fingerprint density at radius 3 is 2.61 bits per heavy atom. The van der Waals surface area contributed by atoms with Gasteiger partial charge in [0, 0.05) is 30.0 Å². The molecule has 4 aromatic rings. The van der Waals surface area contributed by atoms with E-state index < -0.39 is 0 Å². The largest absolute Gasteiger partial charge is 0.494 e. The van der Waals surface area contributed by atoms with Gasteiger partial charge in [-0.25, -0.2) is 9.67 Å². The zero-order chi connectivity index (χ0) is 19.5. The highest BCUT2D eigenvalue weighted by Gasteiger charge is 2.13.